The molecule has 0 radical (unpaired) electrons. The Morgan fingerprint density at radius 2 is 1.90 bits per heavy atom. The van der Waals surface area contributed by atoms with E-state index in [1.54, 1.807) is 42.7 Å². The van der Waals surface area contributed by atoms with Gasteiger partial charge in [0.05, 0.1) is 19.2 Å². The summed E-state index contributed by atoms with van der Waals surface area (Å²) in [5.41, 5.74) is 0.795. The third-order valence-corrected chi connectivity index (χ3v) is 5.45. The molecule has 152 valence electrons. The van der Waals surface area contributed by atoms with Gasteiger partial charge in [-0.25, -0.2) is 4.79 Å². The average Bonchev–Trinajstić information content (AvgIpc) is 3.29. The second kappa shape index (κ2) is 8.79. The maximum Gasteiger partial charge on any atom is 0.350 e. The number of amides is 1. The second-order valence-electron chi connectivity index (χ2n) is 6.56. The highest BCUT2D eigenvalue weighted by Crippen LogP contribution is 2.21. The SMILES string of the molecule is COc1ccc(NC(=O)Cn2c(=O)nc(NCc3cccs3)c3ccccc32)cc1. The van der Waals surface area contributed by atoms with Crippen molar-refractivity contribution in [2.24, 2.45) is 0 Å². The lowest BCUT2D eigenvalue weighted by Crippen LogP contribution is -2.30. The number of thiophene rings is 1. The maximum atomic E-state index is 12.7. The molecule has 2 aromatic heterocycles. The van der Waals surface area contributed by atoms with Crippen LogP contribution in [0.4, 0.5) is 11.5 Å². The first kappa shape index (κ1) is 19.7. The van der Waals surface area contributed by atoms with Crippen LogP contribution >= 0.6 is 11.3 Å². The van der Waals surface area contributed by atoms with Crippen LogP contribution in [0.2, 0.25) is 0 Å². The molecule has 0 saturated heterocycles. The zero-order chi connectivity index (χ0) is 20.9. The molecule has 7 nitrogen and oxygen atoms in total. The van der Waals surface area contributed by atoms with Crippen molar-refractivity contribution in [2.75, 3.05) is 17.7 Å². The predicted molar refractivity (Wildman–Crippen MR) is 119 cm³/mol. The van der Waals surface area contributed by atoms with Crippen LogP contribution in [0.25, 0.3) is 10.9 Å². The highest BCUT2D eigenvalue weighted by Gasteiger charge is 2.13. The van der Waals surface area contributed by atoms with E-state index in [0.717, 1.165) is 10.3 Å². The van der Waals surface area contributed by atoms with Crippen molar-refractivity contribution < 1.29 is 9.53 Å². The highest BCUT2D eigenvalue weighted by molar-refractivity contribution is 7.09. The third-order valence-electron chi connectivity index (χ3n) is 4.57. The minimum atomic E-state index is -0.479. The molecule has 2 aromatic carbocycles. The van der Waals surface area contributed by atoms with Crippen LogP contribution < -0.4 is 21.1 Å². The number of carbonyl (C=O) groups excluding carboxylic acids is 1. The molecule has 2 heterocycles. The fourth-order valence-corrected chi connectivity index (χ4v) is 3.76. The lowest BCUT2D eigenvalue weighted by atomic mass is 10.2. The van der Waals surface area contributed by atoms with Crippen molar-refractivity contribution in [2.45, 2.75) is 13.1 Å². The Balaban J connectivity index is 1.57. The summed E-state index contributed by atoms with van der Waals surface area (Å²) in [5, 5.41) is 8.82. The molecule has 0 saturated carbocycles. The summed E-state index contributed by atoms with van der Waals surface area (Å²) in [6.07, 6.45) is 0. The molecule has 0 spiro atoms. The Bertz CT molecular complexity index is 1220. The molecule has 0 atom stereocenters. The van der Waals surface area contributed by atoms with E-state index < -0.39 is 5.69 Å². The van der Waals surface area contributed by atoms with Gasteiger partial charge in [0.15, 0.2) is 0 Å². The van der Waals surface area contributed by atoms with Gasteiger partial charge in [-0.2, -0.15) is 4.98 Å². The number of nitrogens with one attached hydrogen (secondary N) is 2. The largest absolute Gasteiger partial charge is 0.497 e. The smallest absolute Gasteiger partial charge is 0.350 e. The van der Waals surface area contributed by atoms with Crippen LogP contribution in [0.5, 0.6) is 5.75 Å². The monoisotopic (exact) mass is 420 g/mol. The number of hydrogen-bond donors (Lipinski definition) is 2. The molecule has 0 unspecified atom stereocenters. The summed E-state index contributed by atoms with van der Waals surface area (Å²) in [7, 11) is 1.58. The quantitative estimate of drug-likeness (QED) is 0.476. The van der Waals surface area contributed by atoms with E-state index in [1.165, 1.54) is 4.57 Å². The number of benzene rings is 2. The topological polar surface area (TPSA) is 85.2 Å². The number of rotatable bonds is 7. The first-order valence-electron chi connectivity index (χ1n) is 9.34. The van der Waals surface area contributed by atoms with Gasteiger partial charge in [-0.05, 0) is 47.8 Å². The van der Waals surface area contributed by atoms with E-state index in [1.807, 2.05) is 41.8 Å². The van der Waals surface area contributed by atoms with Gasteiger partial charge in [0, 0.05) is 16.0 Å². The van der Waals surface area contributed by atoms with Crippen LogP contribution in [0, 0.1) is 0 Å². The normalized spacial score (nSPS) is 10.7. The second-order valence-corrected chi connectivity index (χ2v) is 7.59. The number of anilines is 2. The number of nitrogens with zero attached hydrogens (tertiary/aromatic N) is 2. The van der Waals surface area contributed by atoms with Crippen molar-refractivity contribution in [3.63, 3.8) is 0 Å². The molecular formula is C22H20N4O3S. The van der Waals surface area contributed by atoms with Gasteiger partial charge in [-0.1, -0.05) is 18.2 Å². The number of hydrogen-bond acceptors (Lipinski definition) is 6. The molecule has 0 aliphatic carbocycles. The van der Waals surface area contributed by atoms with Crippen molar-refractivity contribution in [3.8, 4) is 5.75 Å². The molecule has 2 N–H and O–H groups in total. The fourth-order valence-electron chi connectivity index (χ4n) is 3.12. The fraction of sp³-hybridized carbons (Fsp3) is 0.136. The van der Waals surface area contributed by atoms with E-state index in [9.17, 15) is 9.59 Å². The molecule has 30 heavy (non-hydrogen) atoms. The Morgan fingerprint density at radius 3 is 2.63 bits per heavy atom. The van der Waals surface area contributed by atoms with E-state index in [4.69, 9.17) is 4.74 Å². The number of methoxy groups -OCH3 is 1. The number of aromatic nitrogens is 2. The van der Waals surface area contributed by atoms with Crippen molar-refractivity contribution in [1.82, 2.24) is 9.55 Å². The van der Waals surface area contributed by atoms with E-state index in [2.05, 4.69) is 15.6 Å². The Morgan fingerprint density at radius 1 is 1.10 bits per heavy atom. The van der Waals surface area contributed by atoms with Crippen LogP contribution in [-0.2, 0) is 17.9 Å². The molecule has 4 rings (SSSR count). The minimum absolute atomic E-state index is 0.135. The van der Waals surface area contributed by atoms with E-state index in [-0.39, 0.29) is 12.5 Å². The molecule has 0 aliphatic rings. The summed E-state index contributed by atoms with van der Waals surface area (Å²) in [6, 6.07) is 18.4. The Labute approximate surface area is 177 Å². The van der Waals surface area contributed by atoms with E-state index >= 15 is 0 Å². The lowest BCUT2D eigenvalue weighted by molar-refractivity contribution is -0.116. The molecule has 8 heteroatoms. The number of carbonyl (C=O) groups is 1. The minimum Gasteiger partial charge on any atom is -0.497 e. The lowest BCUT2D eigenvalue weighted by Gasteiger charge is -2.13. The van der Waals surface area contributed by atoms with Crippen molar-refractivity contribution >= 4 is 39.7 Å². The van der Waals surface area contributed by atoms with Crippen molar-refractivity contribution in [1.29, 1.82) is 0 Å². The standard InChI is InChI=1S/C22H20N4O3S/c1-29-16-10-8-15(9-11-16)24-20(27)14-26-19-7-3-2-6-18(19)21(25-22(26)28)23-13-17-5-4-12-30-17/h2-12H,13-14H2,1H3,(H,24,27)(H,23,25,28). The number of ether oxygens (including phenoxy) is 1. The van der Waals surface area contributed by atoms with Crippen LogP contribution in [-0.4, -0.2) is 22.6 Å². The Kier molecular flexibility index (Phi) is 5.76. The number of para-hydroxylation sites is 1. The highest BCUT2D eigenvalue weighted by atomic mass is 32.1. The zero-order valence-electron chi connectivity index (χ0n) is 16.3. The van der Waals surface area contributed by atoms with Crippen molar-refractivity contribution in [3.05, 3.63) is 81.4 Å². The first-order chi connectivity index (χ1) is 14.6. The third kappa shape index (κ3) is 4.33. The van der Waals surface area contributed by atoms with Crippen LogP contribution in [0.15, 0.2) is 70.8 Å². The maximum absolute atomic E-state index is 12.7. The van der Waals surface area contributed by atoms with Gasteiger partial charge in [-0.15, -0.1) is 11.3 Å². The van der Waals surface area contributed by atoms with Crippen LogP contribution in [0.1, 0.15) is 4.88 Å². The summed E-state index contributed by atoms with van der Waals surface area (Å²) >= 11 is 1.63. The summed E-state index contributed by atoms with van der Waals surface area (Å²) in [6.45, 7) is 0.444. The van der Waals surface area contributed by atoms with E-state index in [0.29, 0.717) is 29.3 Å². The molecular weight excluding hydrogens is 400 g/mol. The van der Waals surface area contributed by atoms with Gasteiger partial charge < -0.3 is 15.4 Å². The summed E-state index contributed by atoms with van der Waals surface area (Å²) < 4.78 is 6.50. The average molecular weight is 420 g/mol. The van der Waals surface area contributed by atoms with Gasteiger partial charge >= 0.3 is 5.69 Å². The summed E-state index contributed by atoms with van der Waals surface area (Å²) in [4.78, 5) is 30.6. The molecule has 1 amide bonds. The van der Waals surface area contributed by atoms with Gasteiger partial charge in [-0.3, -0.25) is 9.36 Å². The molecule has 4 aromatic rings. The van der Waals surface area contributed by atoms with Gasteiger partial charge in [0.1, 0.15) is 18.1 Å². The van der Waals surface area contributed by atoms with Gasteiger partial charge in [0.2, 0.25) is 5.91 Å². The summed E-state index contributed by atoms with van der Waals surface area (Å²) in [5.74, 6) is 0.898. The molecule has 0 bridgehead atoms. The predicted octanol–water partition coefficient (Wildman–Crippen LogP) is 3.72. The molecule has 0 aliphatic heterocycles. The Hall–Kier alpha value is -3.65. The molecule has 0 fully saturated rings. The number of fused-ring (bicyclic) bond motifs is 1. The van der Waals surface area contributed by atoms with Gasteiger partial charge in [0.25, 0.3) is 0 Å². The first-order valence-corrected chi connectivity index (χ1v) is 10.2. The van der Waals surface area contributed by atoms with Crippen LogP contribution in [0.3, 0.4) is 0 Å². The zero-order valence-corrected chi connectivity index (χ0v) is 17.1.